The van der Waals surface area contributed by atoms with E-state index in [0.29, 0.717) is 5.92 Å². The molecular formula is C24H38O2. The summed E-state index contributed by atoms with van der Waals surface area (Å²) >= 11 is 0. The number of benzene rings is 2. The van der Waals surface area contributed by atoms with E-state index < -0.39 is 0 Å². The van der Waals surface area contributed by atoms with Crippen LogP contribution in [-0.2, 0) is 9.78 Å². The average molecular weight is 359 g/mol. The molecule has 0 bridgehead atoms. The first kappa shape index (κ1) is 24.4. The summed E-state index contributed by atoms with van der Waals surface area (Å²) in [7, 11) is 0. The zero-order valence-corrected chi connectivity index (χ0v) is 18.2. The largest absolute Gasteiger partial charge is 0.230 e. The fourth-order valence-corrected chi connectivity index (χ4v) is 1.62. The quantitative estimate of drug-likeness (QED) is 0.413. The van der Waals surface area contributed by atoms with Crippen LogP contribution in [0.1, 0.15) is 72.4 Å². The van der Waals surface area contributed by atoms with Crippen molar-refractivity contribution >= 4 is 0 Å². The molecule has 0 saturated carbocycles. The molecule has 26 heavy (non-hydrogen) atoms. The standard InChI is InChI=1S/C9H12.C8H18O2.C7H8/c1-8(2)9-6-4-3-5-7-9;1-7(2,3)9-10-8(4,5)6;1-7-5-3-2-4-6-7/h3-8H,1-2H3;1-6H3;2-6H,1H3. The fraction of sp³-hybridized carbons (Fsp3) is 0.500. The average Bonchev–Trinajstić information content (AvgIpc) is 2.55. The normalized spacial score (nSPS) is 11.2. The van der Waals surface area contributed by atoms with Gasteiger partial charge in [0, 0.05) is 0 Å². The zero-order valence-electron chi connectivity index (χ0n) is 18.2. The third kappa shape index (κ3) is 15.9. The van der Waals surface area contributed by atoms with Crippen molar-refractivity contribution in [2.45, 2.75) is 79.4 Å². The van der Waals surface area contributed by atoms with Crippen LogP contribution in [0.5, 0.6) is 0 Å². The van der Waals surface area contributed by atoms with E-state index in [0.717, 1.165) is 0 Å². The maximum Gasteiger partial charge on any atom is 0.0952 e. The van der Waals surface area contributed by atoms with Gasteiger partial charge in [-0.25, -0.2) is 9.78 Å². The highest BCUT2D eigenvalue weighted by molar-refractivity contribution is 5.17. The Balaban J connectivity index is 0.000000365. The van der Waals surface area contributed by atoms with Gasteiger partial charge >= 0.3 is 0 Å². The van der Waals surface area contributed by atoms with Gasteiger partial charge in [0.25, 0.3) is 0 Å². The lowest BCUT2D eigenvalue weighted by Crippen LogP contribution is -2.27. The molecule has 0 aliphatic carbocycles. The van der Waals surface area contributed by atoms with Crippen LogP contribution in [0.25, 0.3) is 0 Å². The van der Waals surface area contributed by atoms with Crippen LogP contribution in [0, 0.1) is 6.92 Å². The van der Waals surface area contributed by atoms with E-state index in [4.69, 9.17) is 9.78 Å². The van der Waals surface area contributed by atoms with Gasteiger partial charge in [-0.3, -0.25) is 0 Å². The lowest BCUT2D eigenvalue weighted by atomic mass is 10.0. The van der Waals surface area contributed by atoms with Gasteiger partial charge in [0.1, 0.15) is 0 Å². The zero-order chi connectivity index (χ0) is 20.2. The van der Waals surface area contributed by atoms with E-state index in [1.165, 1.54) is 11.1 Å². The van der Waals surface area contributed by atoms with E-state index in [2.05, 4.69) is 57.2 Å². The van der Waals surface area contributed by atoms with Crippen LogP contribution in [0.4, 0.5) is 0 Å². The summed E-state index contributed by atoms with van der Waals surface area (Å²) in [4.78, 5) is 10.2. The Hall–Kier alpha value is -1.64. The first-order valence-electron chi connectivity index (χ1n) is 9.34. The highest BCUT2D eigenvalue weighted by Gasteiger charge is 2.18. The van der Waals surface area contributed by atoms with Crippen molar-refractivity contribution < 1.29 is 9.78 Å². The van der Waals surface area contributed by atoms with E-state index in [-0.39, 0.29) is 11.2 Å². The molecular weight excluding hydrogens is 320 g/mol. The number of hydrogen-bond donors (Lipinski definition) is 0. The number of hydrogen-bond acceptors (Lipinski definition) is 2. The third-order valence-corrected chi connectivity index (χ3v) is 2.95. The summed E-state index contributed by atoms with van der Waals surface area (Å²) in [6.07, 6.45) is 0. The van der Waals surface area contributed by atoms with Gasteiger partial charge in [-0.1, -0.05) is 80.1 Å². The molecule has 2 nitrogen and oxygen atoms in total. The van der Waals surface area contributed by atoms with E-state index >= 15 is 0 Å². The molecule has 0 radical (unpaired) electrons. The third-order valence-electron chi connectivity index (χ3n) is 2.95. The predicted molar refractivity (Wildman–Crippen MR) is 113 cm³/mol. The smallest absolute Gasteiger partial charge is 0.0952 e. The van der Waals surface area contributed by atoms with Crippen LogP contribution in [-0.4, -0.2) is 11.2 Å². The second kappa shape index (κ2) is 11.9. The van der Waals surface area contributed by atoms with Crippen LogP contribution in [0.3, 0.4) is 0 Å². The first-order valence-corrected chi connectivity index (χ1v) is 9.34. The van der Waals surface area contributed by atoms with E-state index in [1.54, 1.807) is 0 Å². The molecule has 0 aliphatic rings. The van der Waals surface area contributed by atoms with Crippen molar-refractivity contribution in [3.63, 3.8) is 0 Å². The van der Waals surface area contributed by atoms with Crippen LogP contribution < -0.4 is 0 Å². The minimum Gasteiger partial charge on any atom is -0.230 e. The van der Waals surface area contributed by atoms with Crippen molar-refractivity contribution in [2.75, 3.05) is 0 Å². The second-order valence-corrected chi connectivity index (χ2v) is 8.61. The minimum absolute atomic E-state index is 0.215. The fourth-order valence-electron chi connectivity index (χ4n) is 1.62. The summed E-state index contributed by atoms with van der Waals surface area (Å²) < 4.78 is 0. The van der Waals surface area contributed by atoms with Crippen molar-refractivity contribution in [2.24, 2.45) is 0 Å². The molecule has 0 spiro atoms. The molecule has 0 heterocycles. The molecule has 2 aromatic carbocycles. The number of aryl methyl sites for hydroxylation is 1. The Labute approximate surface area is 161 Å². The molecule has 0 amide bonds. The molecule has 0 atom stereocenters. The maximum absolute atomic E-state index is 5.09. The topological polar surface area (TPSA) is 18.5 Å². The van der Waals surface area contributed by atoms with Gasteiger partial charge < -0.3 is 0 Å². The molecule has 0 fully saturated rings. The molecule has 146 valence electrons. The van der Waals surface area contributed by atoms with Crippen molar-refractivity contribution in [1.82, 2.24) is 0 Å². The van der Waals surface area contributed by atoms with Gasteiger partial charge in [-0.05, 0) is 59.9 Å². The van der Waals surface area contributed by atoms with Crippen molar-refractivity contribution in [1.29, 1.82) is 0 Å². The SMILES string of the molecule is CC(C)(C)OOC(C)(C)C.CC(C)c1ccccc1.Cc1ccccc1. The molecule has 2 heteroatoms. The highest BCUT2D eigenvalue weighted by atomic mass is 17.2. The lowest BCUT2D eigenvalue weighted by Gasteiger charge is -2.24. The summed E-state index contributed by atoms with van der Waals surface area (Å²) in [5.74, 6) is 0.659. The maximum atomic E-state index is 5.09. The lowest BCUT2D eigenvalue weighted by molar-refractivity contribution is -0.393. The van der Waals surface area contributed by atoms with Crippen LogP contribution in [0.15, 0.2) is 60.7 Å². The second-order valence-electron chi connectivity index (χ2n) is 8.61. The summed E-state index contributed by atoms with van der Waals surface area (Å²) in [6, 6.07) is 20.8. The van der Waals surface area contributed by atoms with Crippen molar-refractivity contribution in [3.8, 4) is 0 Å². The Morgan fingerprint density at radius 3 is 1.15 bits per heavy atom. The molecule has 0 N–H and O–H groups in total. The molecule has 0 aromatic heterocycles. The molecule has 2 aromatic rings. The van der Waals surface area contributed by atoms with Gasteiger partial charge in [-0.15, -0.1) is 0 Å². The summed E-state index contributed by atoms with van der Waals surface area (Å²) in [5, 5.41) is 0. The highest BCUT2D eigenvalue weighted by Crippen LogP contribution is 2.14. The van der Waals surface area contributed by atoms with E-state index in [9.17, 15) is 0 Å². The van der Waals surface area contributed by atoms with E-state index in [1.807, 2.05) is 65.8 Å². The van der Waals surface area contributed by atoms with Crippen LogP contribution >= 0.6 is 0 Å². The van der Waals surface area contributed by atoms with Gasteiger partial charge in [-0.2, -0.15) is 0 Å². The molecule has 0 saturated heterocycles. The van der Waals surface area contributed by atoms with Crippen molar-refractivity contribution in [3.05, 3.63) is 71.8 Å². The predicted octanol–water partition coefficient (Wildman–Crippen LogP) is 7.34. The Morgan fingerprint density at radius 2 is 0.962 bits per heavy atom. The van der Waals surface area contributed by atoms with Gasteiger partial charge in [0.15, 0.2) is 0 Å². The van der Waals surface area contributed by atoms with Gasteiger partial charge in [0.2, 0.25) is 0 Å². The van der Waals surface area contributed by atoms with Gasteiger partial charge in [0.05, 0.1) is 11.2 Å². The molecule has 0 aliphatic heterocycles. The Kier molecular flexibility index (Phi) is 11.1. The van der Waals surface area contributed by atoms with Crippen LogP contribution in [0.2, 0.25) is 0 Å². The Morgan fingerprint density at radius 1 is 0.615 bits per heavy atom. The summed E-state index contributed by atoms with van der Waals surface area (Å²) in [6.45, 7) is 18.2. The number of rotatable bonds is 2. The molecule has 0 unspecified atom stereocenters. The summed E-state index contributed by atoms with van der Waals surface area (Å²) in [5.41, 5.74) is 2.31. The minimum atomic E-state index is -0.215. The molecule has 2 rings (SSSR count). The monoisotopic (exact) mass is 358 g/mol. The Bertz CT molecular complexity index is 547. The first-order chi connectivity index (χ1) is 11.9.